The Balaban J connectivity index is 0.00000253. The van der Waals surface area contributed by atoms with Gasteiger partial charge in [0.2, 0.25) is 5.91 Å². The van der Waals surface area contributed by atoms with Crippen LogP contribution in [0.4, 0.5) is 5.69 Å². The fraction of sp³-hybridized carbons (Fsp3) is 0.111. The molecule has 0 saturated carbocycles. The Hall–Kier alpha value is -3.79. The summed E-state index contributed by atoms with van der Waals surface area (Å²) in [5.74, 6) is -0.0792. The molecule has 6 aromatic rings. The highest BCUT2D eigenvalue weighted by Gasteiger charge is 2.13. The van der Waals surface area contributed by atoms with E-state index < -0.39 is 0 Å². The van der Waals surface area contributed by atoms with Gasteiger partial charge in [0.1, 0.15) is 6.54 Å². The van der Waals surface area contributed by atoms with Gasteiger partial charge in [-0.15, -0.1) is 0 Å². The highest BCUT2D eigenvalue weighted by molar-refractivity contribution is 6.11. The van der Waals surface area contributed by atoms with Gasteiger partial charge in [-0.2, -0.15) is 0 Å². The summed E-state index contributed by atoms with van der Waals surface area (Å²) in [6.45, 7) is 0.769. The number of carbonyl (C=O) groups is 1. The highest BCUT2D eigenvalue weighted by Crippen LogP contribution is 2.27. The summed E-state index contributed by atoms with van der Waals surface area (Å²) in [5.41, 5.74) is 3.43. The largest absolute Gasteiger partial charge is 1.00 e. The Labute approximate surface area is 217 Å². The first-order valence-electron chi connectivity index (χ1n) is 11.3. The molecule has 0 radical (unpaired) electrons. The highest BCUT2D eigenvalue weighted by atomic mass is 127. The normalized spacial score (nSPS) is 11.2. The molecule has 7 nitrogen and oxygen atoms in total. The van der Waals surface area contributed by atoms with Crippen molar-refractivity contribution in [2.24, 2.45) is 0 Å². The van der Waals surface area contributed by atoms with E-state index >= 15 is 0 Å². The van der Waals surface area contributed by atoms with E-state index in [1.807, 2.05) is 59.4 Å². The minimum Gasteiger partial charge on any atom is -1.00 e. The van der Waals surface area contributed by atoms with Crippen molar-refractivity contribution >= 4 is 50.0 Å². The number of halogens is 1. The Morgan fingerprint density at radius 3 is 2.66 bits per heavy atom. The van der Waals surface area contributed by atoms with E-state index in [1.54, 1.807) is 28.8 Å². The van der Waals surface area contributed by atoms with Crippen LogP contribution in [0.5, 0.6) is 0 Å². The van der Waals surface area contributed by atoms with Crippen LogP contribution in [0, 0.1) is 0 Å². The molecule has 0 fully saturated rings. The van der Waals surface area contributed by atoms with Crippen molar-refractivity contribution in [2.75, 3.05) is 5.32 Å². The number of benzene rings is 2. The number of aromatic nitrogens is 4. The number of aryl methyl sites for hydroxylation is 1. The van der Waals surface area contributed by atoms with Gasteiger partial charge in [0.25, 0.3) is 5.56 Å². The maximum absolute atomic E-state index is 13.3. The zero-order valence-corrected chi connectivity index (χ0v) is 20.9. The third kappa shape index (κ3) is 4.25. The van der Waals surface area contributed by atoms with Crippen LogP contribution in [-0.2, 0) is 11.3 Å². The summed E-state index contributed by atoms with van der Waals surface area (Å²) in [6.07, 6.45) is 6.85. The Bertz CT molecular complexity index is 1760. The van der Waals surface area contributed by atoms with Crippen molar-refractivity contribution in [3.63, 3.8) is 0 Å². The van der Waals surface area contributed by atoms with Gasteiger partial charge in [-0.25, -0.2) is 9.55 Å². The van der Waals surface area contributed by atoms with Crippen LogP contribution in [0.1, 0.15) is 12.8 Å². The Kier molecular flexibility index (Phi) is 6.21. The molecular weight excluding hydrogens is 553 g/mol. The summed E-state index contributed by atoms with van der Waals surface area (Å²) in [6, 6.07) is 21.2. The summed E-state index contributed by atoms with van der Waals surface area (Å²) < 4.78 is 3.61. The maximum Gasteiger partial charge on any atom is 0.265 e. The molecule has 0 spiro atoms. The van der Waals surface area contributed by atoms with Gasteiger partial charge in [0, 0.05) is 53.1 Å². The standard InChI is InChI=1S/C27H21N5O2.HI/c33-24(9-6-15-31-13-4-1-5-14-31)28-18-10-11-23-21(17-18)27(34)32-16-12-20-19-7-2-3-8-22(19)29-25(20)26(32)30-23;/h1-5,7-8,10-14,16-17H,6,9,15H2,(H-,28,29,30,33,34);1H. The topological polar surface area (TPSA) is 83.1 Å². The molecule has 8 heteroatoms. The summed E-state index contributed by atoms with van der Waals surface area (Å²) in [5, 5.41) is 5.50. The first-order valence-corrected chi connectivity index (χ1v) is 11.3. The van der Waals surface area contributed by atoms with E-state index in [0.717, 1.165) is 34.8 Å². The third-order valence-corrected chi connectivity index (χ3v) is 6.14. The maximum atomic E-state index is 13.3. The average molecular weight is 575 g/mol. The zero-order valence-electron chi connectivity index (χ0n) is 18.7. The minimum atomic E-state index is -0.169. The van der Waals surface area contributed by atoms with Crippen LogP contribution >= 0.6 is 0 Å². The molecule has 35 heavy (non-hydrogen) atoms. The number of H-pyrrole nitrogens is 1. The fourth-order valence-corrected chi connectivity index (χ4v) is 4.48. The molecule has 2 aromatic carbocycles. The monoisotopic (exact) mass is 575 g/mol. The van der Waals surface area contributed by atoms with Crippen molar-refractivity contribution in [2.45, 2.75) is 19.4 Å². The zero-order chi connectivity index (χ0) is 23.1. The van der Waals surface area contributed by atoms with Crippen LogP contribution in [0.15, 0.2) is 90.1 Å². The number of anilines is 1. The molecule has 0 aliphatic carbocycles. The van der Waals surface area contributed by atoms with Gasteiger partial charge in [0.05, 0.1) is 16.4 Å². The van der Waals surface area contributed by atoms with Crippen molar-refractivity contribution < 1.29 is 33.3 Å². The number of carbonyl (C=O) groups excluding carboxylic acids is 1. The van der Waals surface area contributed by atoms with Crippen LogP contribution in [0.2, 0.25) is 0 Å². The lowest BCUT2D eigenvalue weighted by Crippen LogP contribution is -3.00. The van der Waals surface area contributed by atoms with Crippen molar-refractivity contribution in [1.29, 1.82) is 0 Å². The molecule has 1 amide bonds. The van der Waals surface area contributed by atoms with Gasteiger partial charge in [-0.1, -0.05) is 24.3 Å². The average Bonchev–Trinajstić information content (AvgIpc) is 3.24. The second-order valence-electron chi connectivity index (χ2n) is 8.38. The second-order valence-corrected chi connectivity index (χ2v) is 8.38. The number of nitrogens with zero attached hydrogens (tertiary/aromatic N) is 3. The molecule has 6 rings (SSSR count). The predicted molar refractivity (Wildman–Crippen MR) is 133 cm³/mol. The van der Waals surface area contributed by atoms with Crippen LogP contribution < -0.4 is 39.4 Å². The van der Waals surface area contributed by atoms with Crippen molar-refractivity contribution in [3.05, 3.63) is 95.7 Å². The van der Waals surface area contributed by atoms with Crippen molar-refractivity contribution in [3.8, 4) is 0 Å². The lowest BCUT2D eigenvalue weighted by atomic mass is 10.1. The van der Waals surface area contributed by atoms with Gasteiger partial charge in [-0.05, 0) is 30.3 Å². The number of hydrogen-bond donors (Lipinski definition) is 2. The molecule has 2 N–H and O–H groups in total. The third-order valence-electron chi connectivity index (χ3n) is 6.14. The van der Waals surface area contributed by atoms with E-state index in [9.17, 15) is 9.59 Å². The van der Waals surface area contributed by atoms with Crippen molar-refractivity contribution in [1.82, 2.24) is 14.4 Å². The van der Waals surface area contributed by atoms with Crippen LogP contribution in [0.25, 0.3) is 38.4 Å². The number of fused-ring (bicyclic) bond motifs is 6. The minimum absolute atomic E-state index is 0. The number of aromatic amines is 1. The summed E-state index contributed by atoms with van der Waals surface area (Å²) in [7, 11) is 0. The number of rotatable bonds is 5. The summed E-state index contributed by atoms with van der Waals surface area (Å²) >= 11 is 0. The molecule has 0 unspecified atom stereocenters. The van der Waals surface area contributed by atoms with E-state index in [4.69, 9.17) is 4.98 Å². The van der Waals surface area contributed by atoms with E-state index in [1.165, 1.54) is 0 Å². The lowest BCUT2D eigenvalue weighted by molar-refractivity contribution is -0.697. The molecule has 4 heterocycles. The first-order chi connectivity index (χ1) is 16.7. The molecular formula is C27H22IN5O2. The van der Waals surface area contributed by atoms with E-state index in [-0.39, 0.29) is 35.4 Å². The van der Waals surface area contributed by atoms with Crippen LogP contribution in [0.3, 0.4) is 0 Å². The van der Waals surface area contributed by atoms with Gasteiger partial charge in [-0.3, -0.25) is 14.0 Å². The Morgan fingerprint density at radius 1 is 0.971 bits per heavy atom. The van der Waals surface area contributed by atoms with Crippen LogP contribution in [-0.4, -0.2) is 20.3 Å². The molecule has 0 atom stereocenters. The van der Waals surface area contributed by atoms with Gasteiger partial charge < -0.3 is 34.3 Å². The molecule has 4 aromatic heterocycles. The quantitative estimate of drug-likeness (QED) is 0.184. The number of nitrogens with one attached hydrogen (secondary N) is 2. The number of amides is 1. The SMILES string of the molecule is O=C(CCC[n+]1ccccc1)Nc1ccc2nc3c4[nH]c5ccccc5c4ccn3c(=O)c2c1.[I-]. The predicted octanol–water partition coefficient (Wildman–Crippen LogP) is 1.19. The smallest absolute Gasteiger partial charge is 0.265 e. The summed E-state index contributed by atoms with van der Waals surface area (Å²) in [4.78, 5) is 33.9. The molecule has 174 valence electrons. The number of hydrogen-bond acceptors (Lipinski definition) is 3. The lowest BCUT2D eigenvalue weighted by Gasteiger charge is -2.08. The van der Waals surface area contributed by atoms with Gasteiger partial charge >= 0.3 is 0 Å². The van der Waals surface area contributed by atoms with E-state index in [2.05, 4.69) is 16.4 Å². The molecule has 0 aliphatic heterocycles. The first kappa shape index (κ1) is 23.0. The second kappa shape index (κ2) is 9.46. The number of pyridine rings is 2. The fourth-order valence-electron chi connectivity index (χ4n) is 4.48. The van der Waals surface area contributed by atoms with E-state index in [0.29, 0.717) is 28.7 Å². The molecule has 0 saturated heterocycles. The number of para-hydroxylation sites is 1. The Morgan fingerprint density at radius 2 is 1.80 bits per heavy atom. The molecule has 0 aliphatic rings. The van der Waals surface area contributed by atoms with Gasteiger partial charge in [0.15, 0.2) is 18.0 Å². The molecule has 0 bridgehead atoms.